The first-order chi connectivity index (χ1) is 12.0. The van der Waals surface area contributed by atoms with Crippen LogP contribution in [0.15, 0.2) is 53.4 Å². The zero-order chi connectivity index (χ0) is 17.9. The van der Waals surface area contributed by atoms with Gasteiger partial charge in [0.25, 0.3) is 0 Å². The number of sulfonamides is 1. The summed E-state index contributed by atoms with van der Waals surface area (Å²) in [6.07, 6.45) is 0.756. The highest BCUT2D eigenvalue weighted by Crippen LogP contribution is 2.18. The molecule has 0 saturated carbocycles. The number of carbonyl (C=O) groups is 1. The van der Waals surface area contributed by atoms with Crippen LogP contribution >= 0.6 is 0 Å². The third-order valence-electron chi connectivity index (χ3n) is 4.19. The van der Waals surface area contributed by atoms with E-state index in [1.807, 2.05) is 30.3 Å². The Bertz CT molecular complexity index is 948. The Balaban J connectivity index is 1.68. The SMILES string of the molecule is N#Cc1ccccc1S(=O)(=O)NCC(=O)N1CCc2ccccc2C1. The molecule has 1 heterocycles. The quantitative estimate of drug-likeness (QED) is 0.898. The molecule has 0 bridgehead atoms. The summed E-state index contributed by atoms with van der Waals surface area (Å²) in [7, 11) is -3.92. The Hall–Kier alpha value is -2.69. The molecule has 0 saturated heterocycles. The van der Waals surface area contributed by atoms with Crippen molar-refractivity contribution in [2.75, 3.05) is 13.1 Å². The summed E-state index contributed by atoms with van der Waals surface area (Å²) in [5.41, 5.74) is 2.35. The standard InChI is InChI=1S/C18H17N3O3S/c19-11-15-6-3-4-8-17(15)25(23,24)20-12-18(22)21-10-9-14-5-1-2-7-16(14)13-21/h1-8,20H,9-10,12-13H2. The van der Waals surface area contributed by atoms with E-state index in [4.69, 9.17) is 5.26 Å². The van der Waals surface area contributed by atoms with Crippen LogP contribution in [0.1, 0.15) is 16.7 Å². The maximum atomic E-state index is 12.4. The number of carbonyl (C=O) groups excluding carboxylic acids is 1. The van der Waals surface area contributed by atoms with Crippen molar-refractivity contribution in [2.24, 2.45) is 0 Å². The van der Waals surface area contributed by atoms with Crippen molar-refractivity contribution in [1.82, 2.24) is 9.62 Å². The van der Waals surface area contributed by atoms with Gasteiger partial charge >= 0.3 is 0 Å². The predicted octanol–water partition coefficient (Wildman–Crippen LogP) is 1.42. The summed E-state index contributed by atoms with van der Waals surface area (Å²) in [5.74, 6) is -0.285. The number of nitrogens with one attached hydrogen (secondary N) is 1. The first-order valence-corrected chi connectivity index (χ1v) is 9.33. The monoisotopic (exact) mass is 355 g/mol. The third-order valence-corrected chi connectivity index (χ3v) is 5.65. The number of hydrogen-bond acceptors (Lipinski definition) is 4. The van der Waals surface area contributed by atoms with Gasteiger partial charge in [0.05, 0.1) is 17.0 Å². The fourth-order valence-electron chi connectivity index (χ4n) is 2.85. The maximum Gasteiger partial charge on any atom is 0.242 e. The molecule has 128 valence electrons. The minimum absolute atomic E-state index is 0.0503. The van der Waals surface area contributed by atoms with E-state index in [1.165, 1.54) is 17.7 Å². The van der Waals surface area contributed by atoms with Gasteiger partial charge in [-0.15, -0.1) is 0 Å². The second-order valence-electron chi connectivity index (χ2n) is 5.77. The van der Waals surface area contributed by atoms with Crippen LogP contribution in [0.2, 0.25) is 0 Å². The highest BCUT2D eigenvalue weighted by molar-refractivity contribution is 7.89. The smallest absolute Gasteiger partial charge is 0.242 e. The summed E-state index contributed by atoms with van der Waals surface area (Å²) in [6.45, 7) is 0.710. The number of fused-ring (bicyclic) bond motifs is 1. The van der Waals surface area contributed by atoms with Crippen molar-refractivity contribution >= 4 is 15.9 Å². The largest absolute Gasteiger partial charge is 0.337 e. The van der Waals surface area contributed by atoms with Gasteiger partial charge in [0.2, 0.25) is 15.9 Å². The molecule has 2 aromatic rings. The van der Waals surface area contributed by atoms with E-state index < -0.39 is 10.0 Å². The molecule has 1 N–H and O–H groups in total. The van der Waals surface area contributed by atoms with E-state index >= 15 is 0 Å². The van der Waals surface area contributed by atoms with E-state index in [-0.39, 0.29) is 22.9 Å². The lowest BCUT2D eigenvalue weighted by molar-refractivity contribution is -0.130. The van der Waals surface area contributed by atoms with Crippen LogP contribution in [-0.4, -0.2) is 32.3 Å². The number of hydrogen-bond donors (Lipinski definition) is 1. The Labute approximate surface area is 146 Å². The fourth-order valence-corrected chi connectivity index (χ4v) is 3.98. The zero-order valence-electron chi connectivity index (χ0n) is 13.5. The topological polar surface area (TPSA) is 90.3 Å². The van der Waals surface area contributed by atoms with E-state index in [9.17, 15) is 13.2 Å². The summed E-state index contributed by atoms with van der Waals surface area (Å²) >= 11 is 0. The third kappa shape index (κ3) is 3.71. The summed E-state index contributed by atoms with van der Waals surface area (Å²) in [4.78, 5) is 13.9. The Kier molecular flexibility index (Phi) is 4.83. The van der Waals surface area contributed by atoms with Crippen molar-refractivity contribution in [3.63, 3.8) is 0 Å². The van der Waals surface area contributed by atoms with Gasteiger partial charge < -0.3 is 4.90 Å². The molecule has 25 heavy (non-hydrogen) atoms. The van der Waals surface area contributed by atoms with Gasteiger partial charge in [0, 0.05) is 13.1 Å². The lowest BCUT2D eigenvalue weighted by Gasteiger charge is -2.29. The lowest BCUT2D eigenvalue weighted by atomic mass is 10.00. The molecule has 7 heteroatoms. The normalized spacial score (nSPS) is 13.8. The van der Waals surface area contributed by atoms with Gasteiger partial charge in [-0.1, -0.05) is 36.4 Å². The molecule has 0 fully saturated rings. The van der Waals surface area contributed by atoms with Gasteiger partial charge in [0.1, 0.15) is 6.07 Å². The first kappa shape index (κ1) is 17.1. The summed E-state index contributed by atoms with van der Waals surface area (Å²) in [6, 6.07) is 15.7. The highest BCUT2D eigenvalue weighted by atomic mass is 32.2. The minimum atomic E-state index is -3.92. The van der Waals surface area contributed by atoms with E-state index in [2.05, 4.69) is 4.72 Å². The molecule has 2 aromatic carbocycles. The first-order valence-electron chi connectivity index (χ1n) is 7.84. The van der Waals surface area contributed by atoms with Crippen LogP contribution in [0.3, 0.4) is 0 Å². The molecule has 1 aliphatic rings. The van der Waals surface area contributed by atoms with Crippen LogP contribution in [0, 0.1) is 11.3 Å². The van der Waals surface area contributed by atoms with Crippen molar-refractivity contribution < 1.29 is 13.2 Å². The average molecular weight is 355 g/mol. The van der Waals surface area contributed by atoms with Crippen molar-refractivity contribution in [3.8, 4) is 6.07 Å². The van der Waals surface area contributed by atoms with Crippen molar-refractivity contribution in [1.29, 1.82) is 5.26 Å². The minimum Gasteiger partial charge on any atom is -0.337 e. The molecule has 0 aliphatic carbocycles. The van der Waals surface area contributed by atoms with E-state index in [0.29, 0.717) is 13.1 Å². The Morgan fingerprint density at radius 3 is 2.56 bits per heavy atom. The number of rotatable bonds is 4. The van der Waals surface area contributed by atoms with E-state index in [0.717, 1.165) is 12.0 Å². The average Bonchev–Trinajstić information content (AvgIpc) is 2.65. The fraction of sp³-hybridized carbons (Fsp3) is 0.222. The van der Waals surface area contributed by atoms with Crippen LogP contribution in [-0.2, 0) is 27.8 Å². The van der Waals surface area contributed by atoms with Crippen LogP contribution in [0.4, 0.5) is 0 Å². The van der Waals surface area contributed by atoms with Gasteiger partial charge in [0.15, 0.2) is 0 Å². The van der Waals surface area contributed by atoms with Crippen LogP contribution in [0.25, 0.3) is 0 Å². The van der Waals surface area contributed by atoms with Crippen LogP contribution < -0.4 is 4.72 Å². The molecule has 0 radical (unpaired) electrons. The number of nitrogens with zero attached hydrogens (tertiary/aromatic N) is 2. The molecule has 0 spiro atoms. The highest BCUT2D eigenvalue weighted by Gasteiger charge is 2.23. The summed E-state index contributed by atoms with van der Waals surface area (Å²) < 4.78 is 27.0. The predicted molar refractivity (Wildman–Crippen MR) is 91.9 cm³/mol. The molecule has 1 aliphatic heterocycles. The molecule has 1 amide bonds. The maximum absolute atomic E-state index is 12.4. The van der Waals surface area contributed by atoms with Crippen LogP contribution in [0.5, 0.6) is 0 Å². The molecular formula is C18H17N3O3S. The molecule has 3 rings (SSSR count). The van der Waals surface area contributed by atoms with Gasteiger partial charge in [-0.3, -0.25) is 4.79 Å². The van der Waals surface area contributed by atoms with Gasteiger partial charge in [-0.2, -0.15) is 5.26 Å². The lowest BCUT2D eigenvalue weighted by Crippen LogP contribution is -2.42. The van der Waals surface area contributed by atoms with Crippen molar-refractivity contribution in [2.45, 2.75) is 17.9 Å². The Morgan fingerprint density at radius 1 is 1.12 bits per heavy atom. The second-order valence-corrected chi connectivity index (χ2v) is 7.50. The Morgan fingerprint density at radius 2 is 1.80 bits per heavy atom. The number of nitriles is 1. The van der Waals surface area contributed by atoms with Gasteiger partial charge in [-0.05, 0) is 29.7 Å². The number of amides is 1. The molecule has 0 aromatic heterocycles. The molecular weight excluding hydrogens is 338 g/mol. The van der Waals surface area contributed by atoms with E-state index in [1.54, 1.807) is 17.0 Å². The summed E-state index contributed by atoms with van der Waals surface area (Å²) in [5, 5.41) is 9.04. The second kappa shape index (κ2) is 7.05. The number of benzene rings is 2. The molecule has 0 unspecified atom stereocenters. The van der Waals surface area contributed by atoms with Gasteiger partial charge in [-0.25, -0.2) is 13.1 Å². The molecule has 6 nitrogen and oxygen atoms in total. The van der Waals surface area contributed by atoms with Crippen molar-refractivity contribution in [3.05, 3.63) is 65.2 Å². The molecule has 0 atom stereocenters. The zero-order valence-corrected chi connectivity index (χ0v) is 14.3.